The maximum Gasteiger partial charge on any atom is 0.322 e. The number of aliphatic hydroxyl groups is 1. The quantitative estimate of drug-likeness (QED) is 0.0420. The van der Waals surface area contributed by atoms with Crippen LogP contribution in [0.25, 0.3) is 0 Å². The van der Waals surface area contributed by atoms with E-state index in [1.165, 1.54) is 0 Å². The summed E-state index contributed by atoms with van der Waals surface area (Å²) in [5.41, 5.74) is 0. The number of carboxylic acids is 2. The number of amides is 4. The van der Waals surface area contributed by atoms with Crippen LogP contribution in [0.5, 0.6) is 0 Å². The molecule has 0 aromatic carbocycles. The number of carbonyl (C=O) groups is 7. The summed E-state index contributed by atoms with van der Waals surface area (Å²) < 4.78 is 9.24. The highest BCUT2D eigenvalue weighted by atomic mass is 16.6. The molecule has 1 saturated heterocycles. The zero-order valence-electron chi connectivity index (χ0n) is 24.4. The molecule has 1 aliphatic rings. The van der Waals surface area contributed by atoms with Crippen LogP contribution in [0.2, 0.25) is 0 Å². The van der Waals surface area contributed by atoms with Gasteiger partial charge in [-0.25, -0.2) is 0 Å². The molecular weight excluding hydrogens is 592 g/mol. The highest BCUT2D eigenvalue weighted by Gasteiger charge is 2.22. The third-order valence-electron chi connectivity index (χ3n) is 6.16. The molecule has 0 aliphatic carbocycles. The van der Waals surface area contributed by atoms with Crippen LogP contribution in [0.15, 0.2) is 0 Å². The van der Waals surface area contributed by atoms with Crippen molar-refractivity contribution in [2.75, 3.05) is 112 Å². The number of carbonyl (C=O) groups excluding carboxylic acids is 5. The van der Waals surface area contributed by atoms with Gasteiger partial charge in [-0.3, -0.25) is 53.2 Å². The second-order valence-corrected chi connectivity index (χ2v) is 9.53. The largest absolute Gasteiger partial charge is 0.480 e. The van der Waals surface area contributed by atoms with Crippen molar-refractivity contribution < 1.29 is 58.4 Å². The summed E-state index contributed by atoms with van der Waals surface area (Å²) in [6.45, 7) is -0.342. The Kier molecular flexibility index (Phi) is 19.5. The molecule has 0 radical (unpaired) electrons. The first-order chi connectivity index (χ1) is 21.0. The highest BCUT2D eigenvalue weighted by Crippen LogP contribution is 2.02. The fourth-order valence-electron chi connectivity index (χ4n) is 3.93. The fourth-order valence-corrected chi connectivity index (χ4v) is 3.93. The summed E-state index contributed by atoms with van der Waals surface area (Å²) >= 11 is 0. The van der Waals surface area contributed by atoms with Gasteiger partial charge in [0.05, 0.1) is 26.2 Å². The first-order valence-corrected chi connectivity index (χ1v) is 13.7. The van der Waals surface area contributed by atoms with Crippen molar-refractivity contribution in [1.82, 2.24) is 40.9 Å². The van der Waals surface area contributed by atoms with Crippen LogP contribution < -0.4 is 21.3 Å². The van der Waals surface area contributed by atoms with Crippen molar-refractivity contribution in [2.24, 2.45) is 0 Å². The Morgan fingerprint density at radius 2 is 0.886 bits per heavy atom. The molecule has 20 heteroatoms. The van der Waals surface area contributed by atoms with E-state index in [0.717, 1.165) is 0 Å². The smallest absolute Gasteiger partial charge is 0.322 e. The Labute approximate surface area is 253 Å². The molecule has 0 aromatic heterocycles. The Hall–Kier alpha value is -3.95. The van der Waals surface area contributed by atoms with Gasteiger partial charge in [0.25, 0.3) is 6.47 Å². The normalized spacial score (nSPS) is 16.0. The van der Waals surface area contributed by atoms with Gasteiger partial charge in [0.2, 0.25) is 23.6 Å². The SMILES string of the molecule is O=COCNC(=O)CN1CCN(CC(=O)NCOCO)CCN(CC(=O)NCC(=O)O)CCN(CC(=O)NCC(=O)O)CC1. The van der Waals surface area contributed by atoms with E-state index in [-0.39, 0.29) is 85.4 Å². The Morgan fingerprint density at radius 1 is 0.568 bits per heavy atom. The van der Waals surface area contributed by atoms with Crippen LogP contribution in [0, 0.1) is 0 Å². The number of carboxylic acid groups (broad SMARTS) is 2. The Morgan fingerprint density at radius 3 is 1.18 bits per heavy atom. The van der Waals surface area contributed by atoms with Gasteiger partial charge in [-0.1, -0.05) is 0 Å². The van der Waals surface area contributed by atoms with E-state index in [1.807, 2.05) is 0 Å². The van der Waals surface area contributed by atoms with Crippen LogP contribution in [0.4, 0.5) is 0 Å². The Balaban J connectivity index is 3.10. The average molecular weight is 635 g/mol. The van der Waals surface area contributed by atoms with Crippen molar-refractivity contribution in [1.29, 1.82) is 0 Å². The molecule has 0 saturated carbocycles. The van der Waals surface area contributed by atoms with Gasteiger partial charge in [0.15, 0.2) is 6.73 Å². The monoisotopic (exact) mass is 634 g/mol. The zero-order valence-corrected chi connectivity index (χ0v) is 24.4. The summed E-state index contributed by atoms with van der Waals surface area (Å²) in [5, 5.41) is 36.1. The van der Waals surface area contributed by atoms with Crippen LogP contribution in [0.3, 0.4) is 0 Å². The first kappa shape index (κ1) is 38.1. The first-order valence-electron chi connectivity index (χ1n) is 13.7. The minimum atomic E-state index is -1.21. The number of aliphatic hydroxyl groups excluding tert-OH is 1. The summed E-state index contributed by atoms with van der Waals surface area (Å²) in [6, 6.07) is 0. The van der Waals surface area contributed by atoms with Crippen molar-refractivity contribution in [3.63, 3.8) is 0 Å². The lowest BCUT2D eigenvalue weighted by molar-refractivity contribution is -0.138. The molecule has 1 aliphatic heterocycles. The standard InChI is InChI=1S/C24H42N8O12/c33-17-43-15-27-21(37)13-31-5-3-29(11-19(35)25-9-23(39)40)1-2-30(12-20(36)26-10-24(41)42)4-6-32(8-7-31)14-22(38)28-16-44-18-34/h17,34H,1-16,18H2,(H,25,35)(H,26,36)(H,27,37)(H,28,38)(H,39,40)(H,41,42). The average Bonchev–Trinajstić information content (AvgIpc) is 2.96. The fraction of sp³-hybridized carbons (Fsp3) is 0.708. The van der Waals surface area contributed by atoms with E-state index < -0.39 is 55.4 Å². The third kappa shape index (κ3) is 19.3. The predicted octanol–water partition coefficient (Wildman–Crippen LogP) is -6.10. The summed E-state index contributed by atoms with van der Waals surface area (Å²) in [5.74, 6) is -4.32. The molecule has 0 bridgehead atoms. The van der Waals surface area contributed by atoms with Gasteiger partial charge >= 0.3 is 11.9 Å². The third-order valence-corrected chi connectivity index (χ3v) is 6.16. The highest BCUT2D eigenvalue weighted by molar-refractivity contribution is 5.83. The summed E-state index contributed by atoms with van der Waals surface area (Å²) in [6.07, 6.45) is 0. The van der Waals surface area contributed by atoms with Crippen molar-refractivity contribution in [3.05, 3.63) is 0 Å². The maximum atomic E-state index is 12.5. The van der Waals surface area contributed by atoms with E-state index in [1.54, 1.807) is 19.6 Å². The Bertz CT molecular complexity index is 956. The van der Waals surface area contributed by atoms with Crippen molar-refractivity contribution >= 4 is 42.0 Å². The topological polar surface area (TPSA) is 260 Å². The molecule has 0 unspecified atom stereocenters. The van der Waals surface area contributed by atoms with Gasteiger partial charge < -0.3 is 46.1 Å². The van der Waals surface area contributed by atoms with E-state index in [2.05, 4.69) is 26.0 Å². The molecule has 20 nitrogen and oxygen atoms in total. The number of hydrogen-bond donors (Lipinski definition) is 7. The lowest BCUT2D eigenvalue weighted by Gasteiger charge is -2.33. The lowest BCUT2D eigenvalue weighted by atomic mass is 10.3. The van der Waals surface area contributed by atoms with E-state index >= 15 is 0 Å². The molecule has 250 valence electrons. The van der Waals surface area contributed by atoms with Crippen LogP contribution in [-0.2, 0) is 43.0 Å². The van der Waals surface area contributed by atoms with Crippen LogP contribution in [-0.4, -0.2) is 189 Å². The van der Waals surface area contributed by atoms with Crippen LogP contribution >= 0.6 is 0 Å². The molecular formula is C24H42N8O12. The molecule has 4 amide bonds. The van der Waals surface area contributed by atoms with Gasteiger partial charge in [0, 0.05) is 52.4 Å². The molecule has 1 rings (SSSR count). The van der Waals surface area contributed by atoms with E-state index in [9.17, 15) is 33.6 Å². The molecule has 7 N–H and O–H groups in total. The molecule has 1 fully saturated rings. The number of aliphatic carboxylic acids is 2. The maximum absolute atomic E-state index is 12.5. The number of rotatable bonds is 18. The molecule has 44 heavy (non-hydrogen) atoms. The second-order valence-electron chi connectivity index (χ2n) is 9.53. The van der Waals surface area contributed by atoms with Crippen molar-refractivity contribution in [3.8, 4) is 0 Å². The van der Waals surface area contributed by atoms with Gasteiger partial charge in [-0.05, 0) is 0 Å². The van der Waals surface area contributed by atoms with E-state index in [0.29, 0.717) is 13.1 Å². The summed E-state index contributed by atoms with van der Waals surface area (Å²) in [4.78, 5) is 88.9. The second kappa shape index (κ2) is 22.6. The van der Waals surface area contributed by atoms with Gasteiger partial charge in [0.1, 0.15) is 26.6 Å². The van der Waals surface area contributed by atoms with Gasteiger partial charge in [-0.2, -0.15) is 0 Å². The lowest BCUT2D eigenvalue weighted by Crippen LogP contribution is -2.51. The van der Waals surface area contributed by atoms with E-state index in [4.69, 9.17) is 20.1 Å². The van der Waals surface area contributed by atoms with Crippen LogP contribution in [0.1, 0.15) is 0 Å². The number of ether oxygens (including phenoxy) is 2. The number of nitrogens with one attached hydrogen (secondary N) is 4. The zero-order chi connectivity index (χ0) is 32.7. The predicted molar refractivity (Wildman–Crippen MR) is 148 cm³/mol. The molecule has 0 atom stereocenters. The molecule has 0 aromatic rings. The minimum absolute atomic E-state index is 0.0725. The number of nitrogens with zero attached hydrogens (tertiary/aromatic N) is 4. The van der Waals surface area contributed by atoms with Gasteiger partial charge in [-0.15, -0.1) is 0 Å². The molecule has 0 spiro atoms. The van der Waals surface area contributed by atoms with Crippen molar-refractivity contribution in [2.45, 2.75) is 0 Å². The summed E-state index contributed by atoms with van der Waals surface area (Å²) in [7, 11) is 0. The minimum Gasteiger partial charge on any atom is -0.480 e. The molecule has 1 heterocycles. The number of hydrogen-bond acceptors (Lipinski definition) is 14.